The number of hydrogen-bond acceptors (Lipinski definition) is 1. The fourth-order valence-electron chi connectivity index (χ4n) is 1.77. The van der Waals surface area contributed by atoms with Crippen LogP contribution >= 0.6 is 0 Å². The number of hydrogen-bond donors (Lipinski definition) is 0. The van der Waals surface area contributed by atoms with Gasteiger partial charge in [-0.05, 0) is 30.7 Å². The summed E-state index contributed by atoms with van der Waals surface area (Å²) < 4.78 is 0. The molecular weight excluding hydrogens is 160 g/mol. The van der Waals surface area contributed by atoms with Gasteiger partial charge in [-0.3, -0.25) is 0 Å². The molecule has 1 fully saturated rings. The van der Waals surface area contributed by atoms with Crippen molar-refractivity contribution in [1.29, 1.82) is 0 Å². The maximum absolute atomic E-state index is 10.4. The van der Waals surface area contributed by atoms with Crippen LogP contribution < -0.4 is 0 Å². The van der Waals surface area contributed by atoms with E-state index in [-0.39, 0.29) is 0 Å². The first-order chi connectivity index (χ1) is 6.40. The maximum Gasteiger partial charge on any atom is 0.123 e. The first-order valence-electron chi connectivity index (χ1n) is 4.89. The van der Waals surface area contributed by atoms with Crippen LogP contribution in [0.25, 0.3) is 0 Å². The molecule has 1 aromatic carbocycles. The molecule has 13 heavy (non-hydrogen) atoms. The Balaban J connectivity index is 1.78. The predicted octanol–water partition coefficient (Wildman–Crippen LogP) is 2.45. The molecule has 68 valence electrons. The van der Waals surface area contributed by atoms with Crippen LogP contribution in [0.4, 0.5) is 0 Å². The Kier molecular flexibility index (Phi) is 2.44. The molecule has 1 nitrogen and oxygen atoms in total. The number of carbonyl (C=O) groups is 1. The number of aldehydes is 1. The van der Waals surface area contributed by atoms with Crippen LogP contribution in [-0.4, -0.2) is 6.29 Å². The molecule has 0 spiro atoms. The lowest BCUT2D eigenvalue weighted by molar-refractivity contribution is -0.109. The third kappa shape index (κ3) is 2.18. The molecule has 1 aromatic rings. The van der Waals surface area contributed by atoms with E-state index in [0.717, 1.165) is 19.1 Å². The van der Waals surface area contributed by atoms with Crippen LogP contribution in [0.1, 0.15) is 18.4 Å². The van der Waals surface area contributed by atoms with E-state index in [4.69, 9.17) is 0 Å². The molecule has 0 saturated heterocycles. The summed E-state index contributed by atoms with van der Waals surface area (Å²) in [6.07, 6.45) is 4.52. The first kappa shape index (κ1) is 8.49. The molecule has 1 aliphatic rings. The Morgan fingerprint density at radius 1 is 1.31 bits per heavy atom. The molecule has 1 aliphatic carbocycles. The average molecular weight is 174 g/mol. The molecule has 0 heterocycles. The Morgan fingerprint density at radius 2 is 2.08 bits per heavy atom. The van der Waals surface area contributed by atoms with E-state index >= 15 is 0 Å². The van der Waals surface area contributed by atoms with Crippen molar-refractivity contribution >= 4 is 6.29 Å². The minimum Gasteiger partial charge on any atom is -0.303 e. The van der Waals surface area contributed by atoms with E-state index in [9.17, 15) is 4.79 Å². The van der Waals surface area contributed by atoms with Gasteiger partial charge >= 0.3 is 0 Å². The van der Waals surface area contributed by atoms with Crippen LogP contribution in [0.5, 0.6) is 0 Å². The van der Waals surface area contributed by atoms with Crippen molar-refractivity contribution in [3.63, 3.8) is 0 Å². The van der Waals surface area contributed by atoms with E-state index in [1.165, 1.54) is 12.0 Å². The molecule has 2 rings (SSSR count). The van der Waals surface area contributed by atoms with Gasteiger partial charge in [-0.2, -0.15) is 0 Å². The van der Waals surface area contributed by atoms with E-state index in [0.29, 0.717) is 11.8 Å². The highest BCUT2D eigenvalue weighted by Crippen LogP contribution is 2.39. The Morgan fingerprint density at radius 3 is 2.69 bits per heavy atom. The van der Waals surface area contributed by atoms with Crippen molar-refractivity contribution in [1.82, 2.24) is 0 Å². The van der Waals surface area contributed by atoms with Crippen LogP contribution in [0.15, 0.2) is 30.3 Å². The molecule has 0 bridgehead atoms. The summed E-state index contributed by atoms with van der Waals surface area (Å²) in [5.41, 5.74) is 1.39. The highest BCUT2D eigenvalue weighted by Gasteiger charge is 2.35. The zero-order valence-electron chi connectivity index (χ0n) is 7.65. The van der Waals surface area contributed by atoms with Gasteiger partial charge in [0.05, 0.1) is 0 Å². The minimum absolute atomic E-state index is 0.378. The smallest absolute Gasteiger partial charge is 0.123 e. The van der Waals surface area contributed by atoms with Gasteiger partial charge in [0.2, 0.25) is 0 Å². The lowest BCUT2D eigenvalue weighted by atomic mass is 10.1. The van der Waals surface area contributed by atoms with Crippen molar-refractivity contribution < 1.29 is 4.79 Å². The molecule has 0 aromatic heterocycles. The zero-order chi connectivity index (χ0) is 9.10. The number of carbonyl (C=O) groups excluding carboxylic acids is 1. The van der Waals surface area contributed by atoms with E-state index in [1.807, 2.05) is 6.07 Å². The SMILES string of the molecule is O=C[C@@H]1C[C@H]1CCc1ccccc1. The van der Waals surface area contributed by atoms with Gasteiger partial charge in [0.25, 0.3) is 0 Å². The number of rotatable bonds is 4. The number of benzene rings is 1. The highest BCUT2D eigenvalue weighted by atomic mass is 16.1. The Bertz CT molecular complexity index is 278. The first-order valence-corrected chi connectivity index (χ1v) is 4.89. The predicted molar refractivity (Wildman–Crippen MR) is 52.4 cm³/mol. The van der Waals surface area contributed by atoms with Crippen molar-refractivity contribution in [3.05, 3.63) is 35.9 Å². The van der Waals surface area contributed by atoms with E-state index in [2.05, 4.69) is 24.3 Å². The Hall–Kier alpha value is -1.11. The largest absolute Gasteiger partial charge is 0.303 e. The summed E-state index contributed by atoms with van der Waals surface area (Å²) in [5.74, 6) is 1.06. The second-order valence-corrected chi connectivity index (χ2v) is 3.82. The summed E-state index contributed by atoms with van der Waals surface area (Å²) in [5, 5.41) is 0. The lowest BCUT2D eigenvalue weighted by Crippen LogP contribution is -1.89. The fraction of sp³-hybridized carbons (Fsp3) is 0.417. The third-order valence-corrected chi connectivity index (χ3v) is 2.80. The van der Waals surface area contributed by atoms with Crippen molar-refractivity contribution in [2.24, 2.45) is 11.8 Å². The van der Waals surface area contributed by atoms with Gasteiger partial charge in [-0.15, -0.1) is 0 Å². The van der Waals surface area contributed by atoms with E-state index in [1.54, 1.807) is 0 Å². The monoisotopic (exact) mass is 174 g/mol. The van der Waals surface area contributed by atoms with Crippen LogP contribution in [0, 0.1) is 11.8 Å². The molecule has 0 aliphatic heterocycles. The molecular formula is C12H14O. The summed E-state index contributed by atoms with van der Waals surface area (Å²) >= 11 is 0. The van der Waals surface area contributed by atoms with Gasteiger partial charge in [0.15, 0.2) is 0 Å². The summed E-state index contributed by atoms with van der Waals surface area (Å²) in [7, 11) is 0. The van der Waals surface area contributed by atoms with E-state index < -0.39 is 0 Å². The molecule has 0 unspecified atom stereocenters. The summed E-state index contributed by atoms with van der Waals surface area (Å²) in [6, 6.07) is 10.5. The van der Waals surface area contributed by atoms with Gasteiger partial charge in [-0.25, -0.2) is 0 Å². The molecule has 1 heteroatoms. The van der Waals surface area contributed by atoms with Crippen LogP contribution in [0.3, 0.4) is 0 Å². The van der Waals surface area contributed by atoms with Crippen LogP contribution in [0.2, 0.25) is 0 Å². The van der Waals surface area contributed by atoms with Gasteiger partial charge in [0, 0.05) is 5.92 Å². The highest BCUT2D eigenvalue weighted by molar-refractivity contribution is 5.58. The quantitative estimate of drug-likeness (QED) is 0.641. The third-order valence-electron chi connectivity index (χ3n) is 2.80. The molecule has 0 N–H and O–H groups in total. The second-order valence-electron chi connectivity index (χ2n) is 3.82. The van der Waals surface area contributed by atoms with Crippen molar-refractivity contribution in [2.75, 3.05) is 0 Å². The molecule has 0 amide bonds. The minimum atomic E-state index is 0.378. The average Bonchev–Trinajstić information content (AvgIpc) is 2.95. The maximum atomic E-state index is 10.4. The standard InChI is InChI=1S/C12H14O/c13-9-12-8-11(12)7-6-10-4-2-1-3-5-10/h1-5,9,11-12H,6-8H2/t11-,12+/m1/s1. The van der Waals surface area contributed by atoms with Gasteiger partial charge in [0.1, 0.15) is 6.29 Å². The zero-order valence-corrected chi connectivity index (χ0v) is 7.65. The van der Waals surface area contributed by atoms with Gasteiger partial charge < -0.3 is 4.79 Å². The van der Waals surface area contributed by atoms with Crippen molar-refractivity contribution in [3.8, 4) is 0 Å². The molecule has 1 saturated carbocycles. The number of aryl methyl sites for hydroxylation is 1. The second kappa shape index (κ2) is 3.73. The summed E-state index contributed by atoms with van der Waals surface area (Å²) in [4.78, 5) is 10.4. The van der Waals surface area contributed by atoms with Crippen molar-refractivity contribution in [2.45, 2.75) is 19.3 Å². The lowest BCUT2D eigenvalue weighted by Gasteiger charge is -1.98. The normalized spacial score (nSPS) is 25.5. The molecule has 0 radical (unpaired) electrons. The Labute approximate surface area is 78.8 Å². The topological polar surface area (TPSA) is 17.1 Å². The van der Waals surface area contributed by atoms with Gasteiger partial charge in [-0.1, -0.05) is 30.3 Å². The van der Waals surface area contributed by atoms with Crippen LogP contribution in [-0.2, 0) is 11.2 Å². The fourth-order valence-corrected chi connectivity index (χ4v) is 1.77. The molecule has 2 atom stereocenters. The summed E-state index contributed by atoms with van der Waals surface area (Å²) in [6.45, 7) is 0.